The molecule has 0 saturated heterocycles. The minimum atomic E-state index is -0.679. The van der Waals surface area contributed by atoms with Crippen molar-refractivity contribution in [2.24, 2.45) is 0 Å². The van der Waals surface area contributed by atoms with Gasteiger partial charge in [-0.15, -0.1) is 0 Å². The molecule has 0 aromatic heterocycles. The lowest BCUT2D eigenvalue weighted by atomic mass is 10.1. The van der Waals surface area contributed by atoms with Gasteiger partial charge in [-0.05, 0) is 25.5 Å². The van der Waals surface area contributed by atoms with Gasteiger partial charge in [0.15, 0.2) is 0 Å². The normalized spacial score (nSPS) is 12.4. The molecule has 0 aliphatic carbocycles. The molecule has 3 nitrogen and oxygen atoms in total. The second-order valence-electron chi connectivity index (χ2n) is 4.17. The largest absolute Gasteiger partial charge is 0.491 e. The Balaban J connectivity index is 2.43. The molecule has 0 fully saturated rings. The van der Waals surface area contributed by atoms with E-state index in [1.807, 2.05) is 0 Å². The van der Waals surface area contributed by atoms with E-state index in [2.05, 4.69) is 6.92 Å². The van der Waals surface area contributed by atoms with E-state index in [0.29, 0.717) is 31.1 Å². The van der Waals surface area contributed by atoms with E-state index in [1.165, 1.54) is 18.2 Å². The van der Waals surface area contributed by atoms with Crippen molar-refractivity contribution in [1.29, 1.82) is 0 Å². The Morgan fingerprint density at radius 1 is 1.28 bits per heavy atom. The molecule has 0 bridgehead atoms. The van der Waals surface area contributed by atoms with Gasteiger partial charge in [0.25, 0.3) is 0 Å². The number of benzene rings is 1. The molecule has 1 aromatic carbocycles. The van der Waals surface area contributed by atoms with Crippen LogP contribution in [0.15, 0.2) is 18.2 Å². The first-order valence-corrected chi connectivity index (χ1v) is 6.33. The molecule has 0 unspecified atom stereocenters. The number of halogens is 1. The average Bonchev–Trinajstić information content (AvgIpc) is 2.33. The van der Waals surface area contributed by atoms with Crippen LogP contribution in [-0.2, 0) is 4.74 Å². The quantitative estimate of drug-likeness (QED) is 0.726. The summed E-state index contributed by atoms with van der Waals surface area (Å²) in [7, 11) is 0. The zero-order valence-electron chi connectivity index (χ0n) is 11.0. The maximum atomic E-state index is 13.1. The molecule has 0 saturated carbocycles. The predicted octanol–water partition coefficient (Wildman–Crippen LogP) is 3.07. The van der Waals surface area contributed by atoms with Crippen LogP contribution in [0.3, 0.4) is 0 Å². The van der Waals surface area contributed by atoms with Crippen LogP contribution in [0.1, 0.15) is 38.4 Å². The van der Waals surface area contributed by atoms with E-state index >= 15 is 0 Å². The summed E-state index contributed by atoms with van der Waals surface area (Å²) in [6.45, 7) is 5.26. The second kappa shape index (κ2) is 8.06. The van der Waals surface area contributed by atoms with Crippen LogP contribution in [-0.4, -0.2) is 24.9 Å². The molecule has 0 radical (unpaired) electrons. The van der Waals surface area contributed by atoms with Crippen molar-refractivity contribution < 1.29 is 19.0 Å². The molecular weight excluding hydrogens is 235 g/mol. The lowest BCUT2D eigenvalue weighted by Crippen LogP contribution is -2.09. The Hall–Kier alpha value is -1.13. The Morgan fingerprint density at radius 3 is 2.72 bits per heavy atom. The second-order valence-corrected chi connectivity index (χ2v) is 4.17. The SMILES string of the molecule is CCCCOCCOc1cc(F)ccc1[C@@H](C)O. The molecule has 102 valence electrons. The van der Waals surface area contributed by atoms with Crippen LogP contribution in [0.2, 0.25) is 0 Å². The highest BCUT2D eigenvalue weighted by atomic mass is 19.1. The zero-order chi connectivity index (χ0) is 13.4. The van der Waals surface area contributed by atoms with Gasteiger partial charge in [0.05, 0.1) is 12.7 Å². The Bertz CT molecular complexity index is 353. The number of aliphatic hydroxyl groups excluding tert-OH is 1. The smallest absolute Gasteiger partial charge is 0.128 e. The summed E-state index contributed by atoms with van der Waals surface area (Å²) in [5, 5.41) is 9.53. The standard InChI is InChI=1S/C14H21FO3/c1-3-4-7-17-8-9-18-14-10-12(15)5-6-13(14)11(2)16/h5-6,10-11,16H,3-4,7-9H2,1-2H3/t11-/m1/s1. The molecule has 0 heterocycles. The Labute approximate surface area is 108 Å². The molecule has 0 amide bonds. The first kappa shape index (κ1) is 14.9. The van der Waals surface area contributed by atoms with Crippen molar-refractivity contribution in [2.75, 3.05) is 19.8 Å². The lowest BCUT2D eigenvalue weighted by Gasteiger charge is -2.13. The van der Waals surface area contributed by atoms with Crippen LogP contribution in [0.4, 0.5) is 4.39 Å². The summed E-state index contributed by atoms with van der Waals surface area (Å²) < 4.78 is 23.9. The number of rotatable bonds is 8. The Kier molecular flexibility index (Phi) is 6.68. The van der Waals surface area contributed by atoms with Gasteiger partial charge in [0.2, 0.25) is 0 Å². The third-order valence-corrected chi connectivity index (χ3v) is 2.55. The molecule has 0 aliphatic rings. The highest BCUT2D eigenvalue weighted by Crippen LogP contribution is 2.25. The first-order valence-electron chi connectivity index (χ1n) is 6.33. The van der Waals surface area contributed by atoms with Crippen LogP contribution < -0.4 is 4.74 Å². The number of ether oxygens (including phenoxy) is 2. The van der Waals surface area contributed by atoms with E-state index in [-0.39, 0.29) is 5.82 Å². The summed E-state index contributed by atoms with van der Waals surface area (Å²) in [4.78, 5) is 0. The van der Waals surface area contributed by atoms with Crippen molar-refractivity contribution in [2.45, 2.75) is 32.8 Å². The lowest BCUT2D eigenvalue weighted by molar-refractivity contribution is 0.0960. The topological polar surface area (TPSA) is 38.7 Å². The van der Waals surface area contributed by atoms with E-state index in [9.17, 15) is 9.50 Å². The van der Waals surface area contributed by atoms with E-state index in [0.717, 1.165) is 12.8 Å². The van der Waals surface area contributed by atoms with E-state index in [1.54, 1.807) is 6.92 Å². The minimum absolute atomic E-state index is 0.354. The maximum absolute atomic E-state index is 13.1. The van der Waals surface area contributed by atoms with Crippen molar-refractivity contribution in [1.82, 2.24) is 0 Å². The van der Waals surface area contributed by atoms with Gasteiger partial charge in [-0.2, -0.15) is 0 Å². The third kappa shape index (κ3) is 5.02. The van der Waals surface area contributed by atoms with E-state index in [4.69, 9.17) is 9.47 Å². The maximum Gasteiger partial charge on any atom is 0.128 e. The van der Waals surface area contributed by atoms with Gasteiger partial charge in [-0.25, -0.2) is 4.39 Å². The zero-order valence-corrected chi connectivity index (χ0v) is 11.0. The monoisotopic (exact) mass is 256 g/mol. The molecular formula is C14H21FO3. The van der Waals surface area contributed by atoms with Gasteiger partial charge >= 0.3 is 0 Å². The van der Waals surface area contributed by atoms with Crippen LogP contribution >= 0.6 is 0 Å². The molecule has 1 atom stereocenters. The van der Waals surface area contributed by atoms with Gasteiger partial charge in [-0.1, -0.05) is 13.3 Å². The van der Waals surface area contributed by atoms with Gasteiger partial charge in [0.1, 0.15) is 18.2 Å². The number of unbranched alkanes of at least 4 members (excludes halogenated alkanes) is 1. The summed E-state index contributed by atoms with van der Waals surface area (Å²) >= 11 is 0. The van der Waals surface area contributed by atoms with E-state index < -0.39 is 6.10 Å². The predicted molar refractivity (Wildman–Crippen MR) is 68.3 cm³/mol. The van der Waals surface area contributed by atoms with Crippen molar-refractivity contribution >= 4 is 0 Å². The molecule has 0 aliphatic heterocycles. The Morgan fingerprint density at radius 2 is 2.06 bits per heavy atom. The first-order chi connectivity index (χ1) is 8.65. The number of hydrogen-bond donors (Lipinski definition) is 1. The van der Waals surface area contributed by atoms with Crippen molar-refractivity contribution in [3.05, 3.63) is 29.6 Å². The number of hydrogen-bond acceptors (Lipinski definition) is 3. The summed E-state index contributed by atoms with van der Waals surface area (Å²) in [6, 6.07) is 4.13. The van der Waals surface area contributed by atoms with Gasteiger partial charge < -0.3 is 14.6 Å². The minimum Gasteiger partial charge on any atom is -0.491 e. The third-order valence-electron chi connectivity index (χ3n) is 2.55. The molecule has 1 rings (SSSR count). The molecule has 0 spiro atoms. The summed E-state index contributed by atoms with van der Waals surface area (Å²) in [6.07, 6.45) is 1.44. The van der Waals surface area contributed by atoms with Gasteiger partial charge in [0, 0.05) is 18.2 Å². The fourth-order valence-corrected chi connectivity index (χ4v) is 1.54. The fraction of sp³-hybridized carbons (Fsp3) is 0.571. The average molecular weight is 256 g/mol. The molecule has 18 heavy (non-hydrogen) atoms. The van der Waals surface area contributed by atoms with Gasteiger partial charge in [-0.3, -0.25) is 0 Å². The van der Waals surface area contributed by atoms with Crippen molar-refractivity contribution in [3.63, 3.8) is 0 Å². The summed E-state index contributed by atoms with van der Waals surface area (Å²) in [5.74, 6) is 0.00499. The van der Waals surface area contributed by atoms with Crippen LogP contribution in [0.25, 0.3) is 0 Å². The highest BCUT2D eigenvalue weighted by Gasteiger charge is 2.10. The summed E-state index contributed by atoms with van der Waals surface area (Å²) in [5.41, 5.74) is 0.588. The van der Waals surface area contributed by atoms with Crippen LogP contribution in [0, 0.1) is 5.82 Å². The molecule has 1 aromatic rings. The molecule has 4 heteroatoms. The van der Waals surface area contributed by atoms with Crippen LogP contribution in [0.5, 0.6) is 5.75 Å². The van der Waals surface area contributed by atoms with Crippen molar-refractivity contribution in [3.8, 4) is 5.75 Å². The molecule has 1 N–H and O–H groups in total. The number of aliphatic hydroxyl groups is 1. The highest BCUT2D eigenvalue weighted by molar-refractivity contribution is 5.35. The fourth-order valence-electron chi connectivity index (χ4n) is 1.54.